The van der Waals surface area contributed by atoms with Gasteiger partial charge in [-0.3, -0.25) is 24.3 Å². The molecule has 0 bridgehead atoms. The second kappa shape index (κ2) is 10.3. The van der Waals surface area contributed by atoms with Crippen molar-refractivity contribution >= 4 is 27.7 Å². The van der Waals surface area contributed by atoms with Crippen LogP contribution in [0.5, 0.6) is 0 Å². The van der Waals surface area contributed by atoms with Crippen molar-refractivity contribution < 1.29 is 32.7 Å². The number of sulfone groups is 1. The molecule has 1 saturated carbocycles. The van der Waals surface area contributed by atoms with Crippen LogP contribution in [0, 0.1) is 29.1 Å². The Morgan fingerprint density at radius 1 is 1.31 bits per heavy atom. The molecule has 1 aromatic heterocycles. The molecule has 0 aromatic carbocycles. The Labute approximate surface area is 210 Å². The second-order valence-corrected chi connectivity index (χ2v) is 12.1. The van der Waals surface area contributed by atoms with Gasteiger partial charge in [0.25, 0.3) is 5.91 Å². The molecule has 0 radical (unpaired) electrons. The largest absolute Gasteiger partial charge is 0.463 e. The smallest absolute Gasteiger partial charge is 0.328 e. The molecule has 194 valence electrons. The van der Waals surface area contributed by atoms with Gasteiger partial charge in [-0.15, -0.1) is 0 Å². The topological polar surface area (TPSA) is 138 Å². The minimum absolute atomic E-state index is 0.00515. The molecule has 1 aliphatic carbocycles. The zero-order valence-corrected chi connectivity index (χ0v) is 21.6. The van der Waals surface area contributed by atoms with Gasteiger partial charge in [0.05, 0.1) is 18.5 Å². The summed E-state index contributed by atoms with van der Waals surface area (Å²) in [4.78, 5) is 39.6. The first-order valence-electron chi connectivity index (χ1n) is 11.3. The number of nitrogens with zero attached hydrogens (tertiary/aromatic N) is 3. The third-order valence-corrected chi connectivity index (χ3v) is 8.42. The van der Waals surface area contributed by atoms with E-state index in [1.807, 2.05) is 0 Å². The molecule has 0 spiro atoms. The molecule has 1 atom stereocenters. The van der Waals surface area contributed by atoms with Gasteiger partial charge in [0.1, 0.15) is 6.61 Å². The Hall–Kier alpha value is -3.32. The quantitative estimate of drug-likeness (QED) is 0.205. The first-order chi connectivity index (χ1) is 16.8. The molecular formula is C24H30N4O7S. The predicted octanol–water partition coefficient (Wildman–Crippen LogP) is 0.211. The molecule has 2 aliphatic rings. The van der Waals surface area contributed by atoms with E-state index in [0.29, 0.717) is 11.3 Å². The van der Waals surface area contributed by atoms with Crippen molar-refractivity contribution in [1.29, 1.82) is 0 Å². The van der Waals surface area contributed by atoms with E-state index < -0.39 is 20.5 Å². The van der Waals surface area contributed by atoms with Gasteiger partial charge in [-0.25, -0.2) is 18.7 Å². The average Bonchev–Trinajstić information content (AvgIpc) is 3.36. The first-order valence-corrected chi connectivity index (χ1v) is 13.2. The van der Waals surface area contributed by atoms with Crippen LogP contribution < -0.4 is 5.48 Å². The van der Waals surface area contributed by atoms with Crippen molar-refractivity contribution in [3.63, 3.8) is 0 Å². The maximum atomic E-state index is 12.7. The summed E-state index contributed by atoms with van der Waals surface area (Å²) in [6.07, 6.45) is 4.01. The predicted molar refractivity (Wildman–Crippen MR) is 129 cm³/mol. The number of fused-ring (bicyclic) bond motifs is 1. The molecule has 1 aromatic rings. The van der Waals surface area contributed by atoms with Crippen LogP contribution in [0.25, 0.3) is 0 Å². The van der Waals surface area contributed by atoms with Crippen molar-refractivity contribution in [3.05, 3.63) is 23.5 Å². The number of hydrogen-bond donors (Lipinski definition) is 2. The van der Waals surface area contributed by atoms with Crippen LogP contribution in [0.1, 0.15) is 37.4 Å². The normalized spacial score (nSPS) is 17.3. The molecule has 0 unspecified atom stereocenters. The highest BCUT2D eigenvalue weighted by Crippen LogP contribution is 2.45. The number of hydrogen-bond acceptors (Lipinski definition) is 8. The van der Waals surface area contributed by atoms with Gasteiger partial charge in [-0.05, 0) is 58.2 Å². The molecule has 1 aliphatic heterocycles. The van der Waals surface area contributed by atoms with E-state index in [1.165, 1.54) is 21.9 Å². The fourth-order valence-electron chi connectivity index (χ4n) is 3.65. The van der Waals surface area contributed by atoms with E-state index in [4.69, 9.17) is 9.94 Å². The fraction of sp³-hybridized carbons (Fsp3) is 0.542. The van der Waals surface area contributed by atoms with Crippen LogP contribution in [0.2, 0.25) is 0 Å². The summed E-state index contributed by atoms with van der Waals surface area (Å²) < 4.78 is 29.1. The molecule has 3 rings (SSSR count). The number of rotatable bonds is 9. The molecule has 1 fully saturated rings. The lowest BCUT2D eigenvalue weighted by atomic mass is 10.1. The minimum atomic E-state index is -3.85. The van der Waals surface area contributed by atoms with Crippen LogP contribution in [0.3, 0.4) is 0 Å². The van der Waals surface area contributed by atoms with E-state index in [-0.39, 0.29) is 50.1 Å². The van der Waals surface area contributed by atoms with Gasteiger partial charge in [0.2, 0.25) is 0 Å². The summed E-state index contributed by atoms with van der Waals surface area (Å²) in [5.74, 6) is 10.2. The molecule has 12 heteroatoms. The van der Waals surface area contributed by atoms with Crippen molar-refractivity contribution in [2.75, 3.05) is 40.0 Å². The van der Waals surface area contributed by atoms with Crippen LogP contribution in [0.15, 0.2) is 12.3 Å². The average molecular weight is 519 g/mol. The number of esters is 1. The Morgan fingerprint density at radius 3 is 2.56 bits per heavy atom. The molecule has 2 heterocycles. The van der Waals surface area contributed by atoms with Crippen LogP contribution >= 0.6 is 0 Å². The van der Waals surface area contributed by atoms with Crippen molar-refractivity contribution in [2.45, 2.75) is 37.5 Å². The zero-order chi connectivity index (χ0) is 26.7. The van der Waals surface area contributed by atoms with Crippen molar-refractivity contribution in [3.8, 4) is 23.7 Å². The summed E-state index contributed by atoms with van der Waals surface area (Å²) in [5, 5.41) is 8.94. The number of carbonyl (C=O) groups is 3. The summed E-state index contributed by atoms with van der Waals surface area (Å²) in [6.45, 7) is 1.91. The summed E-state index contributed by atoms with van der Waals surface area (Å²) in [7, 11) is -0.269. The third-order valence-electron chi connectivity index (χ3n) is 6.39. The Bertz CT molecular complexity index is 1290. The lowest BCUT2D eigenvalue weighted by Crippen LogP contribution is -2.50. The molecule has 11 nitrogen and oxygen atoms in total. The van der Waals surface area contributed by atoms with Gasteiger partial charge in [-0.1, -0.05) is 11.8 Å². The highest BCUT2D eigenvalue weighted by Gasteiger charge is 2.44. The molecule has 36 heavy (non-hydrogen) atoms. The van der Waals surface area contributed by atoms with Crippen LogP contribution in [-0.2, 0) is 30.7 Å². The van der Waals surface area contributed by atoms with Gasteiger partial charge in [0.15, 0.2) is 14.6 Å². The van der Waals surface area contributed by atoms with Crippen molar-refractivity contribution in [2.24, 2.45) is 5.41 Å². The van der Waals surface area contributed by atoms with E-state index in [1.54, 1.807) is 31.3 Å². The van der Waals surface area contributed by atoms with Gasteiger partial charge in [0, 0.05) is 30.3 Å². The SMILES string of the molecule is CN(C)CC(=O)OCC1(C#CC#Cc2cc3n(c2)C(=O)N(CC[C@](C)(C(=O)NO)S(C)(=O)=O)C3)CC1. The van der Waals surface area contributed by atoms with Gasteiger partial charge >= 0.3 is 12.0 Å². The zero-order valence-electron chi connectivity index (χ0n) is 20.8. The van der Waals surface area contributed by atoms with Crippen LogP contribution in [0.4, 0.5) is 4.79 Å². The number of amides is 2. The standard InChI is InChI=1S/C24H30N4O7S/c1-23(21(30)25-32,36(4,33)34)11-12-27-15-19-13-18(14-28(19)22(27)31)7-5-6-8-24(9-10-24)17-35-20(29)16-26(2)3/h13-14,32H,9-12,15-17H2,1-4H3,(H,25,30)/t23-/m1/s1. The molecule has 0 saturated heterocycles. The molecule has 2 N–H and O–H groups in total. The van der Waals surface area contributed by atoms with Crippen molar-refractivity contribution in [1.82, 2.24) is 19.8 Å². The minimum Gasteiger partial charge on any atom is -0.463 e. The highest BCUT2D eigenvalue weighted by atomic mass is 32.2. The van der Waals surface area contributed by atoms with Gasteiger partial charge in [-0.2, -0.15) is 0 Å². The molecular weight excluding hydrogens is 488 g/mol. The number of aromatic nitrogens is 1. The number of likely N-dealkylation sites (N-methyl/N-ethyl adjacent to an activating group) is 1. The summed E-state index contributed by atoms with van der Waals surface area (Å²) >= 11 is 0. The van der Waals surface area contributed by atoms with E-state index in [2.05, 4.69) is 23.7 Å². The van der Waals surface area contributed by atoms with E-state index in [9.17, 15) is 22.8 Å². The maximum absolute atomic E-state index is 12.7. The lowest BCUT2D eigenvalue weighted by Gasteiger charge is -2.27. The maximum Gasteiger partial charge on any atom is 0.328 e. The number of nitrogens with one attached hydrogen (secondary N) is 1. The summed E-state index contributed by atoms with van der Waals surface area (Å²) in [5.41, 5.74) is 2.35. The Kier molecular flexibility index (Phi) is 7.84. The van der Waals surface area contributed by atoms with Gasteiger partial charge < -0.3 is 9.64 Å². The third kappa shape index (κ3) is 6.08. The number of carbonyl (C=O) groups excluding carboxylic acids is 3. The van der Waals surface area contributed by atoms with E-state index >= 15 is 0 Å². The van der Waals surface area contributed by atoms with E-state index in [0.717, 1.165) is 19.1 Å². The number of hydroxylamine groups is 1. The Balaban J connectivity index is 1.58. The second-order valence-electron chi connectivity index (χ2n) is 9.67. The summed E-state index contributed by atoms with van der Waals surface area (Å²) in [6, 6.07) is 1.39. The monoisotopic (exact) mass is 518 g/mol. The van der Waals surface area contributed by atoms with Crippen LogP contribution in [-0.4, -0.2) is 90.7 Å². The Morgan fingerprint density at radius 2 is 2.00 bits per heavy atom. The fourth-order valence-corrected chi connectivity index (χ4v) is 4.49. The molecule has 2 amide bonds. The first kappa shape index (κ1) is 27.3. The lowest BCUT2D eigenvalue weighted by molar-refractivity contribution is -0.145. The highest BCUT2D eigenvalue weighted by molar-refractivity contribution is 7.92. The number of ether oxygens (including phenoxy) is 1.